The maximum absolute atomic E-state index is 13.2. The summed E-state index contributed by atoms with van der Waals surface area (Å²) < 4.78 is 39.6. The van der Waals surface area contributed by atoms with Crippen molar-refractivity contribution in [2.45, 2.75) is 26.1 Å². The summed E-state index contributed by atoms with van der Waals surface area (Å²) in [6.07, 6.45) is -3.35. The molecule has 1 fully saturated rings. The number of hydrogen-bond donors (Lipinski definition) is 1. The predicted molar refractivity (Wildman–Crippen MR) is 76.3 cm³/mol. The number of alkyl halides is 3. The van der Waals surface area contributed by atoms with Gasteiger partial charge in [-0.2, -0.15) is 13.2 Å². The van der Waals surface area contributed by atoms with Crippen LogP contribution in [0.25, 0.3) is 0 Å². The van der Waals surface area contributed by atoms with Crippen molar-refractivity contribution in [3.05, 3.63) is 29.3 Å². The van der Waals surface area contributed by atoms with Gasteiger partial charge in [-0.25, -0.2) is 0 Å². The van der Waals surface area contributed by atoms with Crippen molar-refractivity contribution in [3.8, 4) is 0 Å². The Morgan fingerprint density at radius 2 is 1.81 bits per heavy atom. The first-order valence-electron chi connectivity index (χ1n) is 7.24. The molecule has 1 saturated heterocycles. The molecule has 0 amide bonds. The van der Waals surface area contributed by atoms with Crippen molar-refractivity contribution in [2.24, 2.45) is 0 Å². The van der Waals surface area contributed by atoms with Crippen molar-refractivity contribution in [3.63, 3.8) is 0 Å². The number of benzene rings is 1. The topological polar surface area (TPSA) is 26.7 Å². The number of halogens is 3. The molecule has 1 aliphatic rings. The van der Waals surface area contributed by atoms with E-state index in [2.05, 4.69) is 11.8 Å². The number of anilines is 1. The fraction of sp³-hybridized carbons (Fsp3) is 0.600. The van der Waals surface area contributed by atoms with Crippen molar-refractivity contribution in [1.82, 2.24) is 4.90 Å². The molecule has 2 rings (SSSR count). The molecule has 21 heavy (non-hydrogen) atoms. The standard InChI is InChI=1S/C15H21F3N2O/c1-2-5-19-6-8-20(9-7-19)14-4-3-12(11-21)10-13(14)15(16,17)18/h3-4,10,21H,2,5-9,11H2,1H3. The molecule has 0 unspecified atom stereocenters. The summed E-state index contributed by atoms with van der Waals surface area (Å²) in [6.45, 7) is 5.47. The zero-order valence-electron chi connectivity index (χ0n) is 12.2. The van der Waals surface area contributed by atoms with Crippen LogP contribution in [0.5, 0.6) is 0 Å². The number of nitrogens with zero attached hydrogens (tertiary/aromatic N) is 2. The highest BCUT2D eigenvalue weighted by Crippen LogP contribution is 2.37. The van der Waals surface area contributed by atoms with Crippen molar-refractivity contribution >= 4 is 5.69 Å². The van der Waals surface area contributed by atoms with E-state index >= 15 is 0 Å². The third kappa shape index (κ3) is 3.89. The second kappa shape index (κ2) is 6.66. The summed E-state index contributed by atoms with van der Waals surface area (Å²) in [4.78, 5) is 4.06. The fourth-order valence-corrected chi connectivity index (χ4v) is 2.71. The third-order valence-corrected chi connectivity index (χ3v) is 3.80. The van der Waals surface area contributed by atoms with Gasteiger partial charge in [-0.3, -0.25) is 4.90 Å². The van der Waals surface area contributed by atoms with Crippen LogP contribution in [-0.2, 0) is 12.8 Å². The van der Waals surface area contributed by atoms with Gasteiger partial charge in [0.25, 0.3) is 0 Å². The number of rotatable bonds is 4. The lowest BCUT2D eigenvalue weighted by atomic mass is 10.1. The number of aliphatic hydroxyl groups is 1. The lowest BCUT2D eigenvalue weighted by Gasteiger charge is -2.37. The molecular formula is C15H21F3N2O. The quantitative estimate of drug-likeness (QED) is 0.926. The first-order chi connectivity index (χ1) is 9.95. The average Bonchev–Trinajstić information content (AvgIpc) is 2.47. The van der Waals surface area contributed by atoms with E-state index in [-0.39, 0.29) is 17.9 Å². The van der Waals surface area contributed by atoms with E-state index in [1.165, 1.54) is 6.07 Å². The minimum Gasteiger partial charge on any atom is -0.392 e. The van der Waals surface area contributed by atoms with Gasteiger partial charge >= 0.3 is 6.18 Å². The summed E-state index contributed by atoms with van der Waals surface area (Å²) in [5.74, 6) is 0. The molecule has 0 radical (unpaired) electrons. The van der Waals surface area contributed by atoms with Crippen molar-refractivity contribution in [1.29, 1.82) is 0 Å². The molecule has 118 valence electrons. The Bertz CT molecular complexity index is 468. The fourth-order valence-electron chi connectivity index (χ4n) is 2.71. The van der Waals surface area contributed by atoms with Crippen LogP contribution in [-0.4, -0.2) is 42.7 Å². The van der Waals surface area contributed by atoms with Gasteiger partial charge < -0.3 is 10.0 Å². The SMILES string of the molecule is CCCN1CCN(c2ccc(CO)cc2C(F)(F)F)CC1. The second-order valence-corrected chi connectivity index (χ2v) is 5.34. The monoisotopic (exact) mass is 302 g/mol. The molecule has 0 spiro atoms. The van der Waals surface area contributed by atoms with Gasteiger partial charge in [0.1, 0.15) is 0 Å². The molecule has 1 aliphatic heterocycles. The normalized spacial score (nSPS) is 17.3. The molecule has 1 aromatic carbocycles. The molecule has 0 aliphatic carbocycles. The van der Waals surface area contributed by atoms with Crippen molar-refractivity contribution < 1.29 is 18.3 Å². The second-order valence-electron chi connectivity index (χ2n) is 5.34. The maximum Gasteiger partial charge on any atom is 0.418 e. The summed E-state index contributed by atoms with van der Waals surface area (Å²) >= 11 is 0. The average molecular weight is 302 g/mol. The Balaban J connectivity index is 2.20. The van der Waals surface area contributed by atoms with E-state index in [0.717, 1.165) is 32.1 Å². The van der Waals surface area contributed by atoms with Crippen LogP contribution in [0.3, 0.4) is 0 Å². The largest absolute Gasteiger partial charge is 0.418 e. The molecule has 6 heteroatoms. The predicted octanol–water partition coefficient (Wildman–Crippen LogP) is 2.73. The Hall–Kier alpha value is -1.27. The maximum atomic E-state index is 13.2. The number of aliphatic hydroxyl groups excluding tert-OH is 1. The zero-order chi connectivity index (χ0) is 15.5. The van der Waals surface area contributed by atoms with Gasteiger partial charge in [-0.1, -0.05) is 13.0 Å². The van der Waals surface area contributed by atoms with E-state index in [0.29, 0.717) is 13.1 Å². The van der Waals surface area contributed by atoms with Gasteiger partial charge in [0.15, 0.2) is 0 Å². The Kier molecular flexibility index (Phi) is 5.11. The van der Waals surface area contributed by atoms with Crippen LogP contribution in [0, 0.1) is 0 Å². The highest BCUT2D eigenvalue weighted by Gasteiger charge is 2.35. The summed E-state index contributed by atoms with van der Waals surface area (Å²) in [5.41, 5.74) is -0.149. The lowest BCUT2D eigenvalue weighted by molar-refractivity contribution is -0.137. The third-order valence-electron chi connectivity index (χ3n) is 3.80. The Morgan fingerprint density at radius 3 is 2.33 bits per heavy atom. The smallest absolute Gasteiger partial charge is 0.392 e. The van der Waals surface area contributed by atoms with E-state index in [4.69, 9.17) is 5.11 Å². The minimum atomic E-state index is -4.40. The molecule has 1 aromatic rings. The highest BCUT2D eigenvalue weighted by molar-refractivity contribution is 5.56. The van der Waals surface area contributed by atoms with Gasteiger partial charge in [-0.05, 0) is 30.7 Å². The van der Waals surface area contributed by atoms with Gasteiger partial charge in [0.2, 0.25) is 0 Å². The molecule has 0 atom stereocenters. The van der Waals surface area contributed by atoms with Gasteiger partial charge in [-0.15, -0.1) is 0 Å². The van der Waals surface area contributed by atoms with E-state index in [9.17, 15) is 13.2 Å². The van der Waals surface area contributed by atoms with Crippen LogP contribution in [0.1, 0.15) is 24.5 Å². The van der Waals surface area contributed by atoms with E-state index in [1.54, 1.807) is 11.0 Å². The molecule has 1 heterocycles. The van der Waals surface area contributed by atoms with Crippen LogP contribution >= 0.6 is 0 Å². The number of hydrogen-bond acceptors (Lipinski definition) is 3. The van der Waals surface area contributed by atoms with Gasteiger partial charge in [0, 0.05) is 31.9 Å². The molecule has 3 nitrogen and oxygen atoms in total. The zero-order valence-corrected chi connectivity index (χ0v) is 12.2. The molecule has 0 bridgehead atoms. The van der Waals surface area contributed by atoms with Crippen LogP contribution in [0.4, 0.5) is 18.9 Å². The van der Waals surface area contributed by atoms with E-state index in [1.807, 2.05) is 0 Å². The van der Waals surface area contributed by atoms with Crippen molar-refractivity contribution in [2.75, 3.05) is 37.6 Å². The highest BCUT2D eigenvalue weighted by atomic mass is 19.4. The summed E-state index contributed by atoms with van der Waals surface area (Å²) in [5, 5.41) is 9.04. The first-order valence-corrected chi connectivity index (χ1v) is 7.24. The first kappa shape index (κ1) is 16.1. The lowest BCUT2D eigenvalue weighted by Crippen LogP contribution is -2.47. The minimum absolute atomic E-state index is 0.218. The molecule has 0 aromatic heterocycles. The van der Waals surface area contributed by atoms with Gasteiger partial charge in [0.05, 0.1) is 12.2 Å². The number of piperazine rings is 1. The van der Waals surface area contributed by atoms with Crippen LogP contribution < -0.4 is 4.90 Å². The molecule has 0 saturated carbocycles. The Morgan fingerprint density at radius 1 is 1.14 bits per heavy atom. The van der Waals surface area contributed by atoms with E-state index < -0.39 is 11.7 Å². The Labute approximate surface area is 123 Å². The summed E-state index contributed by atoms with van der Waals surface area (Å²) in [6, 6.07) is 4.08. The van der Waals surface area contributed by atoms with Crippen LogP contribution in [0.2, 0.25) is 0 Å². The van der Waals surface area contributed by atoms with Crippen LogP contribution in [0.15, 0.2) is 18.2 Å². The summed E-state index contributed by atoms with van der Waals surface area (Å²) in [7, 11) is 0. The molecule has 1 N–H and O–H groups in total. The molecular weight excluding hydrogens is 281 g/mol.